The Labute approximate surface area is 112 Å². The van der Waals surface area contributed by atoms with Gasteiger partial charge in [-0.2, -0.15) is 10.5 Å². The molecule has 1 aromatic rings. The third kappa shape index (κ3) is 4.37. The van der Waals surface area contributed by atoms with Crippen molar-refractivity contribution in [2.75, 3.05) is 0 Å². The molecule has 19 heavy (non-hydrogen) atoms. The number of carbonyl (C=O) groups excluding carboxylic acids is 2. The molecule has 0 amide bonds. The minimum absolute atomic E-state index is 0.124. The third-order valence-corrected chi connectivity index (χ3v) is 2.51. The van der Waals surface area contributed by atoms with E-state index in [2.05, 4.69) is 0 Å². The molecule has 0 aliphatic carbocycles. The predicted octanol–water partition coefficient (Wildman–Crippen LogP) is 2.62. The quantitative estimate of drug-likeness (QED) is 0.597. The van der Waals surface area contributed by atoms with Crippen LogP contribution in [0.4, 0.5) is 0 Å². The zero-order valence-corrected chi connectivity index (χ0v) is 10.9. The predicted molar refractivity (Wildman–Crippen MR) is 69.3 cm³/mol. The molecular formula is C15H14N2O2. The molecule has 0 aliphatic heterocycles. The fourth-order valence-electron chi connectivity index (χ4n) is 1.73. The van der Waals surface area contributed by atoms with Gasteiger partial charge in [-0.15, -0.1) is 0 Å². The van der Waals surface area contributed by atoms with E-state index in [1.807, 2.05) is 26.0 Å². The summed E-state index contributed by atoms with van der Waals surface area (Å²) in [6.45, 7) is 3.82. The van der Waals surface area contributed by atoms with Crippen LogP contribution in [0.3, 0.4) is 0 Å². The molecule has 0 aliphatic rings. The smallest absolute Gasteiger partial charge is 0.170 e. The Balaban J connectivity index is 2.92. The Kier molecular flexibility index (Phi) is 4.97. The molecule has 0 aromatic heterocycles. The zero-order valence-electron chi connectivity index (χ0n) is 10.9. The van der Waals surface area contributed by atoms with Crippen LogP contribution in [0.25, 0.3) is 0 Å². The minimum Gasteiger partial charge on any atom is -0.299 e. The first-order valence-corrected chi connectivity index (χ1v) is 5.96. The van der Waals surface area contributed by atoms with Crippen molar-refractivity contribution in [1.82, 2.24) is 0 Å². The molecule has 0 fully saturated rings. The normalized spacial score (nSPS) is 9.74. The van der Waals surface area contributed by atoms with Gasteiger partial charge in [0.05, 0.1) is 29.7 Å². The van der Waals surface area contributed by atoms with E-state index in [0.29, 0.717) is 6.42 Å². The molecular weight excluding hydrogens is 240 g/mol. The lowest BCUT2D eigenvalue weighted by molar-refractivity contribution is -0.118. The van der Waals surface area contributed by atoms with Gasteiger partial charge >= 0.3 is 0 Å². The van der Waals surface area contributed by atoms with E-state index in [1.165, 1.54) is 18.2 Å². The number of rotatable bonds is 5. The van der Waals surface area contributed by atoms with Crippen molar-refractivity contribution < 1.29 is 9.59 Å². The first-order chi connectivity index (χ1) is 8.96. The second kappa shape index (κ2) is 6.47. The van der Waals surface area contributed by atoms with Crippen molar-refractivity contribution in [2.24, 2.45) is 5.92 Å². The zero-order chi connectivity index (χ0) is 14.4. The molecule has 0 radical (unpaired) electrons. The summed E-state index contributed by atoms with van der Waals surface area (Å²) in [5.41, 5.74) is 0.741. The van der Waals surface area contributed by atoms with Crippen molar-refractivity contribution >= 4 is 11.6 Å². The standard InChI is InChI=1S/C15H14N2O2/c1-10(2)3-14(18)7-15(19)13-5-11(8-16)4-12(6-13)9-17/h4-6,10H,3,7H2,1-2H3. The summed E-state index contributed by atoms with van der Waals surface area (Å²) in [5.74, 6) is -0.263. The van der Waals surface area contributed by atoms with Crippen molar-refractivity contribution in [2.45, 2.75) is 26.7 Å². The monoisotopic (exact) mass is 254 g/mol. The molecule has 4 nitrogen and oxygen atoms in total. The lowest BCUT2D eigenvalue weighted by Gasteiger charge is -2.04. The van der Waals surface area contributed by atoms with Crippen molar-refractivity contribution in [1.29, 1.82) is 10.5 Å². The largest absolute Gasteiger partial charge is 0.299 e. The lowest BCUT2D eigenvalue weighted by Crippen LogP contribution is -2.10. The molecule has 4 heteroatoms. The minimum atomic E-state index is -0.348. The topological polar surface area (TPSA) is 81.7 Å². The van der Waals surface area contributed by atoms with Crippen LogP contribution in [0.1, 0.15) is 48.2 Å². The Morgan fingerprint density at radius 3 is 2.05 bits per heavy atom. The Morgan fingerprint density at radius 1 is 1.11 bits per heavy atom. The summed E-state index contributed by atoms with van der Waals surface area (Å²) >= 11 is 0. The highest BCUT2D eigenvalue weighted by atomic mass is 16.1. The SMILES string of the molecule is CC(C)CC(=O)CC(=O)c1cc(C#N)cc(C#N)c1. The Morgan fingerprint density at radius 2 is 1.63 bits per heavy atom. The second-order valence-electron chi connectivity index (χ2n) is 4.76. The van der Waals surface area contributed by atoms with Gasteiger partial charge in [-0.25, -0.2) is 0 Å². The van der Waals surface area contributed by atoms with Gasteiger partial charge in [0.15, 0.2) is 5.78 Å². The van der Waals surface area contributed by atoms with E-state index in [9.17, 15) is 9.59 Å². The molecule has 0 atom stereocenters. The van der Waals surface area contributed by atoms with Crippen LogP contribution in [-0.2, 0) is 4.79 Å². The summed E-state index contributed by atoms with van der Waals surface area (Å²) in [6, 6.07) is 8.02. The molecule has 0 bridgehead atoms. The molecule has 96 valence electrons. The van der Waals surface area contributed by atoms with E-state index >= 15 is 0 Å². The number of benzene rings is 1. The summed E-state index contributed by atoms with van der Waals surface area (Å²) in [7, 11) is 0. The van der Waals surface area contributed by atoms with Crippen molar-refractivity contribution in [3.05, 3.63) is 34.9 Å². The van der Waals surface area contributed by atoms with Crippen LogP contribution in [0.2, 0.25) is 0 Å². The number of Topliss-reactive ketones (excluding diaryl/α,β-unsaturated/α-hetero) is 2. The van der Waals surface area contributed by atoms with Gasteiger partial charge in [-0.05, 0) is 24.1 Å². The highest BCUT2D eigenvalue weighted by Crippen LogP contribution is 2.13. The van der Waals surface area contributed by atoms with Gasteiger partial charge in [0, 0.05) is 12.0 Å². The van der Waals surface area contributed by atoms with Gasteiger partial charge in [-0.3, -0.25) is 9.59 Å². The van der Waals surface area contributed by atoms with E-state index in [-0.39, 0.29) is 40.6 Å². The van der Waals surface area contributed by atoms with Crippen LogP contribution < -0.4 is 0 Å². The summed E-state index contributed by atoms with van der Waals surface area (Å²) in [5, 5.41) is 17.7. The number of hydrogen-bond donors (Lipinski definition) is 0. The Hall–Kier alpha value is -2.46. The van der Waals surface area contributed by atoms with Crippen LogP contribution in [0, 0.1) is 28.6 Å². The first kappa shape index (κ1) is 14.6. The molecule has 0 saturated carbocycles. The molecule has 0 spiro atoms. The fourth-order valence-corrected chi connectivity index (χ4v) is 1.73. The third-order valence-electron chi connectivity index (χ3n) is 2.51. The summed E-state index contributed by atoms with van der Waals surface area (Å²) in [4.78, 5) is 23.5. The van der Waals surface area contributed by atoms with Crippen LogP contribution >= 0.6 is 0 Å². The molecule has 0 N–H and O–H groups in total. The van der Waals surface area contributed by atoms with Gasteiger partial charge in [0.2, 0.25) is 0 Å². The number of ketones is 2. The van der Waals surface area contributed by atoms with Crippen molar-refractivity contribution in [3.8, 4) is 12.1 Å². The van der Waals surface area contributed by atoms with E-state index < -0.39 is 0 Å². The number of carbonyl (C=O) groups is 2. The van der Waals surface area contributed by atoms with E-state index in [0.717, 1.165) is 0 Å². The van der Waals surface area contributed by atoms with Crippen molar-refractivity contribution in [3.63, 3.8) is 0 Å². The average Bonchev–Trinajstić information content (AvgIpc) is 2.36. The molecule has 1 aromatic carbocycles. The second-order valence-corrected chi connectivity index (χ2v) is 4.76. The number of nitrogens with zero attached hydrogens (tertiary/aromatic N) is 2. The van der Waals surface area contributed by atoms with E-state index in [4.69, 9.17) is 10.5 Å². The van der Waals surface area contributed by atoms with Crippen LogP contribution in [-0.4, -0.2) is 11.6 Å². The lowest BCUT2D eigenvalue weighted by atomic mass is 9.98. The molecule has 0 saturated heterocycles. The average molecular weight is 254 g/mol. The highest BCUT2D eigenvalue weighted by Gasteiger charge is 2.14. The molecule has 1 rings (SSSR count). The van der Waals surface area contributed by atoms with Crippen LogP contribution in [0.15, 0.2) is 18.2 Å². The number of hydrogen-bond acceptors (Lipinski definition) is 4. The molecule has 0 unspecified atom stereocenters. The summed E-state index contributed by atoms with van der Waals surface area (Å²) in [6.07, 6.45) is 0.173. The van der Waals surface area contributed by atoms with Crippen LogP contribution in [0.5, 0.6) is 0 Å². The van der Waals surface area contributed by atoms with Gasteiger partial charge in [-0.1, -0.05) is 13.8 Å². The molecule has 0 heterocycles. The van der Waals surface area contributed by atoms with E-state index in [1.54, 1.807) is 0 Å². The fraction of sp³-hybridized carbons (Fsp3) is 0.333. The van der Waals surface area contributed by atoms with Gasteiger partial charge in [0.1, 0.15) is 5.78 Å². The maximum absolute atomic E-state index is 11.9. The number of nitriles is 2. The maximum atomic E-state index is 11.9. The van der Waals surface area contributed by atoms with Gasteiger partial charge < -0.3 is 0 Å². The summed E-state index contributed by atoms with van der Waals surface area (Å²) < 4.78 is 0. The maximum Gasteiger partial charge on any atom is 0.170 e. The van der Waals surface area contributed by atoms with Gasteiger partial charge in [0.25, 0.3) is 0 Å². The highest BCUT2D eigenvalue weighted by molar-refractivity contribution is 6.08. The Bertz CT molecular complexity index is 557. The first-order valence-electron chi connectivity index (χ1n) is 5.96.